The number of rotatable bonds is 4. The summed E-state index contributed by atoms with van der Waals surface area (Å²) >= 11 is 5.97. The van der Waals surface area contributed by atoms with Gasteiger partial charge in [0.2, 0.25) is 11.6 Å². The Labute approximate surface area is 120 Å². The zero-order chi connectivity index (χ0) is 13.9. The Morgan fingerprint density at radius 1 is 1.30 bits per heavy atom. The molecule has 0 aliphatic carbocycles. The largest absolute Gasteiger partial charge is 0.363 e. The van der Waals surface area contributed by atoms with E-state index in [4.69, 9.17) is 11.6 Å². The van der Waals surface area contributed by atoms with Crippen LogP contribution in [-0.4, -0.2) is 26.6 Å². The van der Waals surface area contributed by atoms with Crippen molar-refractivity contribution < 1.29 is 0 Å². The number of nitrogens with zero attached hydrogens (tertiary/aromatic N) is 4. The third kappa shape index (κ3) is 2.37. The molecule has 0 radical (unpaired) electrons. The first-order valence-corrected chi connectivity index (χ1v) is 6.51. The van der Waals surface area contributed by atoms with Gasteiger partial charge in [0.05, 0.1) is 0 Å². The summed E-state index contributed by atoms with van der Waals surface area (Å²) in [5.74, 6) is 1.36. The quantitative estimate of drug-likeness (QED) is 0.772. The number of fused-ring (bicyclic) bond motifs is 1. The summed E-state index contributed by atoms with van der Waals surface area (Å²) in [4.78, 5) is 4.30. The van der Waals surface area contributed by atoms with Crippen LogP contribution in [0.1, 0.15) is 5.56 Å². The van der Waals surface area contributed by atoms with Crippen molar-refractivity contribution in [1.82, 2.24) is 19.6 Å². The van der Waals surface area contributed by atoms with E-state index >= 15 is 0 Å². The topological polar surface area (TPSA) is 67.1 Å². The van der Waals surface area contributed by atoms with Gasteiger partial charge in [-0.2, -0.15) is 0 Å². The van der Waals surface area contributed by atoms with Crippen LogP contribution in [0.5, 0.6) is 0 Å². The molecule has 0 aliphatic rings. The van der Waals surface area contributed by atoms with Crippen molar-refractivity contribution in [2.24, 2.45) is 0 Å². The Morgan fingerprint density at radius 2 is 2.20 bits per heavy atom. The van der Waals surface area contributed by atoms with Crippen LogP contribution in [0, 0.1) is 0 Å². The van der Waals surface area contributed by atoms with Crippen LogP contribution in [0.4, 0.5) is 11.8 Å². The van der Waals surface area contributed by atoms with Crippen LogP contribution in [0.2, 0.25) is 5.02 Å². The van der Waals surface area contributed by atoms with Gasteiger partial charge in [-0.3, -0.25) is 4.40 Å². The Hall–Kier alpha value is -2.34. The predicted octanol–water partition coefficient (Wildman–Crippen LogP) is 2.43. The van der Waals surface area contributed by atoms with Gasteiger partial charge in [-0.15, -0.1) is 10.2 Å². The van der Waals surface area contributed by atoms with Crippen molar-refractivity contribution in [3.8, 4) is 0 Å². The minimum Gasteiger partial charge on any atom is -0.363 e. The van der Waals surface area contributed by atoms with Gasteiger partial charge >= 0.3 is 0 Å². The molecule has 0 fully saturated rings. The van der Waals surface area contributed by atoms with Crippen molar-refractivity contribution in [2.45, 2.75) is 6.54 Å². The number of nitrogens with one attached hydrogen (secondary N) is 2. The number of hydrogen-bond acceptors (Lipinski definition) is 5. The van der Waals surface area contributed by atoms with Gasteiger partial charge in [0.15, 0.2) is 5.82 Å². The van der Waals surface area contributed by atoms with E-state index in [2.05, 4.69) is 25.8 Å². The maximum absolute atomic E-state index is 5.97. The van der Waals surface area contributed by atoms with E-state index in [9.17, 15) is 0 Å². The summed E-state index contributed by atoms with van der Waals surface area (Å²) in [5, 5.41) is 15.1. The average molecular weight is 289 g/mol. The first-order chi connectivity index (χ1) is 9.78. The lowest BCUT2D eigenvalue weighted by Crippen LogP contribution is -2.04. The molecule has 3 aromatic rings. The lowest BCUT2D eigenvalue weighted by Gasteiger charge is -2.07. The van der Waals surface area contributed by atoms with E-state index in [0.717, 1.165) is 10.6 Å². The number of hydrogen-bond donors (Lipinski definition) is 2. The second kappa shape index (κ2) is 5.34. The predicted molar refractivity (Wildman–Crippen MR) is 79.1 cm³/mol. The minimum absolute atomic E-state index is 0.620. The van der Waals surface area contributed by atoms with E-state index in [-0.39, 0.29) is 0 Å². The molecule has 0 saturated heterocycles. The number of anilines is 2. The molecule has 7 heteroatoms. The molecule has 3 rings (SSSR count). The number of halogens is 1. The molecule has 2 heterocycles. The fourth-order valence-electron chi connectivity index (χ4n) is 1.95. The summed E-state index contributed by atoms with van der Waals surface area (Å²) in [6.45, 7) is 0.620. The Kier molecular flexibility index (Phi) is 3.39. The molecule has 0 unspecified atom stereocenters. The zero-order valence-electron chi connectivity index (χ0n) is 10.8. The second-order valence-electron chi connectivity index (χ2n) is 4.23. The first-order valence-electron chi connectivity index (χ1n) is 6.14. The van der Waals surface area contributed by atoms with E-state index in [1.54, 1.807) is 13.2 Å². The van der Waals surface area contributed by atoms with Gasteiger partial charge in [-0.25, -0.2) is 4.98 Å². The Balaban J connectivity index is 1.86. The molecule has 0 atom stereocenters. The van der Waals surface area contributed by atoms with Crippen LogP contribution in [0.3, 0.4) is 0 Å². The lowest BCUT2D eigenvalue weighted by molar-refractivity contribution is 1.07. The molecule has 102 valence electrons. The third-order valence-corrected chi connectivity index (χ3v) is 3.13. The van der Waals surface area contributed by atoms with Gasteiger partial charge in [0.25, 0.3) is 0 Å². The zero-order valence-corrected chi connectivity index (χ0v) is 11.6. The van der Waals surface area contributed by atoms with E-state index < -0.39 is 0 Å². The molecule has 1 aromatic carbocycles. The summed E-state index contributed by atoms with van der Waals surface area (Å²) < 4.78 is 1.84. The van der Waals surface area contributed by atoms with Crippen molar-refractivity contribution in [2.75, 3.05) is 17.7 Å². The molecule has 6 nitrogen and oxygen atoms in total. The van der Waals surface area contributed by atoms with E-state index in [0.29, 0.717) is 24.0 Å². The van der Waals surface area contributed by atoms with E-state index in [1.807, 2.05) is 34.9 Å². The van der Waals surface area contributed by atoms with Crippen LogP contribution in [-0.2, 0) is 6.54 Å². The molecule has 0 bridgehead atoms. The highest BCUT2D eigenvalue weighted by Gasteiger charge is 2.08. The average Bonchev–Trinajstić information content (AvgIpc) is 2.89. The van der Waals surface area contributed by atoms with Gasteiger partial charge in [0.1, 0.15) is 0 Å². The summed E-state index contributed by atoms with van der Waals surface area (Å²) in [6, 6.07) is 7.69. The highest BCUT2D eigenvalue weighted by atomic mass is 35.5. The third-order valence-electron chi connectivity index (χ3n) is 2.90. The lowest BCUT2D eigenvalue weighted by atomic mass is 10.2. The fourth-order valence-corrected chi connectivity index (χ4v) is 2.17. The van der Waals surface area contributed by atoms with Crippen LogP contribution in [0.15, 0.2) is 36.7 Å². The maximum atomic E-state index is 5.97. The van der Waals surface area contributed by atoms with Crippen molar-refractivity contribution in [1.29, 1.82) is 0 Å². The van der Waals surface area contributed by atoms with Crippen LogP contribution < -0.4 is 10.6 Å². The molecule has 20 heavy (non-hydrogen) atoms. The SMILES string of the molecule is CNc1nnc2c(NCc3cccc(Cl)c3)nccn12. The van der Waals surface area contributed by atoms with Gasteiger partial charge < -0.3 is 10.6 Å². The molecule has 0 saturated carbocycles. The molecule has 2 aromatic heterocycles. The van der Waals surface area contributed by atoms with Crippen molar-refractivity contribution in [3.05, 3.63) is 47.2 Å². The van der Waals surface area contributed by atoms with Gasteiger partial charge in [0, 0.05) is 31.0 Å². The maximum Gasteiger partial charge on any atom is 0.228 e. The van der Waals surface area contributed by atoms with Crippen LogP contribution >= 0.6 is 11.6 Å². The van der Waals surface area contributed by atoms with Gasteiger partial charge in [-0.05, 0) is 17.7 Å². The number of benzene rings is 1. The monoisotopic (exact) mass is 288 g/mol. The minimum atomic E-state index is 0.620. The molecular weight excluding hydrogens is 276 g/mol. The summed E-state index contributed by atoms with van der Waals surface area (Å²) in [6.07, 6.45) is 3.52. The summed E-state index contributed by atoms with van der Waals surface area (Å²) in [7, 11) is 1.80. The second-order valence-corrected chi connectivity index (χ2v) is 4.66. The fraction of sp³-hybridized carbons (Fsp3) is 0.154. The summed E-state index contributed by atoms with van der Waals surface area (Å²) in [5.41, 5.74) is 1.76. The molecular formula is C13H13ClN6. The Morgan fingerprint density at radius 3 is 3.00 bits per heavy atom. The highest BCUT2D eigenvalue weighted by Crippen LogP contribution is 2.16. The van der Waals surface area contributed by atoms with Crippen molar-refractivity contribution >= 4 is 29.0 Å². The standard InChI is InChI=1S/C13H13ClN6/c1-15-13-19-18-12-11(16-5-6-20(12)13)17-8-9-3-2-4-10(14)7-9/h2-7H,8H2,1H3,(H,15,19)(H,16,17). The number of aromatic nitrogens is 4. The molecule has 0 aliphatic heterocycles. The Bertz CT molecular complexity index is 739. The normalized spacial score (nSPS) is 10.7. The molecule has 0 spiro atoms. The molecule has 0 amide bonds. The smallest absolute Gasteiger partial charge is 0.228 e. The van der Waals surface area contributed by atoms with Crippen molar-refractivity contribution in [3.63, 3.8) is 0 Å². The van der Waals surface area contributed by atoms with Gasteiger partial charge in [-0.1, -0.05) is 23.7 Å². The van der Waals surface area contributed by atoms with Crippen LogP contribution in [0.25, 0.3) is 5.65 Å². The molecule has 2 N–H and O–H groups in total. The first kappa shape index (κ1) is 12.7. The van der Waals surface area contributed by atoms with E-state index in [1.165, 1.54) is 0 Å². The highest BCUT2D eigenvalue weighted by molar-refractivity contribution is 6.30.